The molecule has 0 N–H and O–H groups in total. The Hall–Kier alpha value is -2.21. The molecule has 1 fully saturated rings. The number of sulfone groups is 1. The molecule has 2 heterocycles. The first-order chi connectivity index (χ1) is 14.0. The van der Waals surface area contributed by atoms with Gasteiger partial charge in [-0.15, -0.1) is 11.3 Å². The van der Waals surface area contributed by atoms with Gasteiger partial charge in [0.1, 0.15) is 0 Å². The summed E-state index contributed by atoms with van der Waals surface area (Å²) < 4.78 is 95.6. The third kappa shape index (κ3) is 4.43. The van der Waals surface area contributed by atoms with Crippen molar-refractivity contribution in [1.29, 1.82) is 0 Å². The van der Waals surface area contributed by atoms with Crippen LogP contribution in [0.5, 0.6) is 5.75 Å². The number of carbonyl (C=O) groups is 1. The molecule has 5 nitrogen and oxygen atoms in total. The summed E-state index contributed by atoms with van der Waals surface area (Å²) in [6, 6.07) is 1.11. The minimum atomic E-state index is -3.35. The number of aryl methyl sites for hydroxylation is 1. The van der Waals surface area contributed by atoms with E-state index in [2.05, 4.69) is 4.74 Å². The molecule has 0 radical (unpaired) electrons. The number of ether oxygens (including phenoxy) is 1. The lowest BCUT2D eigenvalue weighted by Gasteiger charge is -2.28. The van der Waals surface area contributed by atoms with Crippen LogP contribution in [0.3, 0.4) is 0 Å². The van der Waals surface area contributed by atoms with Crippen molar-refractivity contribution >= 4 is 27.1 Å². The van der Waals surface area contributed by atoms with Gasteiger partial charge in [0.2, 0.25) is 29.1 Å². The average Bonchev–Trinajstić information content (AvgIpc) is 3.27. The summed E-state index contributed by atoms with van der Waals surface area (Å²) >= 11 is 1.33. The molecule has 1 saturated heterocycles. The number of rotatable bonds is 6. The second-order valence-corrected chi connectivity index (χ2v) is 10.0. The zero-order valence-electron chi connectivity index (χ0n) is 15.6. The molecule has 0 bridgehead atoms. The van der Waals surface area contributed by atoms with Crippen molar-refractivity contribution in [3.8, 4) is 5.75 Å². The second kappa shape index (κ2) is 8.50. The zero-order chi connectivity index (χ0) is 22.2. The third-order valence-electron chi connectivity index (χ3n) is 4.76. The SMILES string of the molecule is Cc1ccsc1CN(C(=O)COc1c(F)c(F)c(F)c(F)c1F)[C@H]1CCS(=O)(=O)C1. The number of benzene rings is 1. The Bertz CT molecular complexity index is 1060. The van der Waals surface area contributed by atoms with Crippen LogP contribution in [-0.2, 0) is 21.2 Å². The van der Waals surface area contributed by atoms with Crippen LogP contribution in [0, 0.1) is 36.0 Å². The van der Waals surface area contributed by atoms with Crippen molar-refractivity contribution in [3.63, 3.8) is 0 Å². The highest BCUT2D eigenvalue weighted by molar-refractivity contribution is 7.91. The van der Waals surface area contributed by atoms with E-state index in [0.29, 0.717) is 0 Å². The van der Waals surface area contributed by atoms with E-state index in [1.165, 1.54) is 16.2 Å². The summed E-state index contributed by atoms with van der Waals surface area (Å²) in [6.07, 6.45) is 0.168. The minimum absolute atomic E-state index is 0.0307. The summed E-state index contributed by atoms with van der Waals surface area (Å²) in [4.78, 5) is 14.7. The van der Waals surface area contributed by atoms with Gasteiger partial charge in [-0.2, -0.15) is 8.78 Å². The Morgan fingerprint density at radius 3 is 2.23 bits per heavy atom. The lowest BCUT2D eigenvalue weighted by Crippen LogP contribution is -2.43. The molecule has 1 aromatic heterocycles. The van der Waals surface area contributed by atoms with Gasteiger partial charge in [-0.05, 0) is 30.4 Å². The van der Waals surface area contributed by atoms with E-state index in [0.717, 1.165) is 10.4 Å². The lowest BCUT2D eigenvalue weighted by atomic mass is 10.2. The van der Waals surface area contributed by atoms with E-state index >= 15 is 0 Å². The number of hydrogen-bond donors (Lipinski definition) is 0. The van der Waals surface area contributed by atoms with Crippen molar-refractivity contribution in [2.24, 2.45) is 0 Å². The van der Waals surface area contributed by atoms with E-state index in [4.69, 9.17) is 0 Å². The molecule has 1 atom stereocenters. The fourth-order valence-electron chi connectivity index (χ4n) is 3.09. The second-order valence-electron chi connectivity index (χ2n) is 6.79. The van der Waals surface area contributed by atoms with Gasteiger partial charge in [-0.25, -0.2) is 21.6 Å². The first-order valence-corrected chi connectivity index (χ1v) is 11.4. The Morgan fingerprint density at radius 2 is 1.73 bits per heavy atom. The number of halogens is 5. The Morgan fingerprint density at radius 1 is 1.13 bits per heavy atom. The maximum absolute atomic E-state index is 13.8. The molecule has 0 unspecified atom stereocenters. The molecule has 1 aliphatic rings. The van der Waals surface area contributed by atoms with Crippen LogP contribution in [0.1, 0.15) is 16.9 Å². The van der Waals surface area contributed by atoms with Gasteiger partial charge in [-0.3, -0.25) is 4.79 Å². The molecule has 1 amide bonds. The summed E-state index contributed by atoms with van der Waals surface area (Å²) in [5, 5.41) is 1.78. The summed E-state index contributed by atoms with van der Waals surface area (Å²) in [7, 11) is -3.35. The van der Waals surface area contributed by atoms with E-state index in [-0.39, 0.29) is 24.5 Å². The molecular weight excluding hydrogens is 453 g/mol. The molecule has 3 rings (SSSR count). The summed E-state index contributed by atoms with van der Waals surface area (Å²) in [5.74, 6) is -13.9. The number of hydrogen-bond acceptors (Lipinski definition) is 5. The number of amides is 1. The molecule has 2 aromatic rings. The zero-order valence-corrected chi connectivity index (χ0v) is 17.2. The van der Waals surface area contributed by atoms with Crippen molar-refractivity contribution in [2.45, 2.75) is 25.9 Å². The van der Waals surface area contributed by atoms with Gasteiger partial charge >= 0.3 is 0 Å². The van der Waals surface area contributed by atoms with Gasteiger partial charge < -0.3 is 9.64 Å². The number of thiophene rings is 1. The smallest absolute Gasteiger partial charge is 0.261 e. The highest BCUT2D eigenvalue weighted by Gasteiger charge is 2.36. The molecular formula is C18H16F5NO4S2. The molecule has 0 aliphatic carbocycles. The van der Waals surface area contributed by atoms with Crippen LogP contribution >= 0.6 is 11.3 Å². The van der Waals surface area contributed by atoms with E-state index in [1.54, 1.807) is 18.4 Å². The fraction of sp³-hybridized carbons (Fsp3) is 0.389. The third-order valence-corrected chi connectivity index (χ3v) is 7.52. The van der Waals surface area contributed by atoms with Crippen molar-refractivity contribution in [1.82, 2.24) is 4.90 Å². The first kappa shape index (κ1) is 22.5. The molecule has 1 aromatic carbocycles. The van der Waals surface area contributed by atoms with E-state index in [9.17, 15) is 35.2 Å². The van der Waals surface area contributed by atoms with Crippen LogP contribution in [-0.4, -0.2) is 43.4 Å². The predicted octanol–water partition coefficient (Wildman–Crippen LogP) is 3.35. The van der Waals surface area contributed by atoms with Gasteiger partial charge in [0.15, 0.2) is 22.2 Å². The maximum atomic E-state index is 13.8. The number of carbonyl (C=O) groups excluding carboxylic acids is 1. The highest BCUT2D eigenvalue weighted by Crippen LogP contribution is 2.30. The van der Waals surface area contributed by atoms with Crippen LogP contribution in [0.4, 0.5) is 22.0 Å². The fourth-order valence-corrected chi connectivity index (χ4v) is 5.73. The predicted molar refractivity (Wildman–Crippen MR) is 98.4 cm³/mol. The van der Waals surface area contributed by atoms with Gasteiger partial charge in [-0.1, -0.05) is 0 Å². The average molecular weight is 469 g/mol. The monoisotopic (exact) mass is 469 g/mol. The molecule has 30 heavy (non-hydrogen) atoms. The van der Waals surface area contributed by atoms with Crippen LogP contribution in [0.25, 0.3) is 0 Å². The Kier molecular flexibility index (Phi) is 6.37. The normalized spacial score (nSPS) is 17.9. The van der Waals surface area contributed by atoms with E-state index < -0.39 is 63.2 Å². The Labute approximate surface area is 173 Å². The van der Waals surface area contributed by atoms with Crippen molar-refractivity contribution < 1.29 is 39.9 Å². The minimum Gasteiger partial charge on any atom is -0.477 e. The van der Waals surface area contributed by atoms with Gasteiger partial charge in [0.25, 0.3) is 5.91 Å². The number of nitrogens with zero attached hydrogens (tertiary/aromatic N) is 1. The highest BCUT2D eigenvalue weighted by atomic mass is 32.2. The quantitative estimate of drug-likeness (QED) is 0.370. The molecule has 1 aliphatic heterocycles. The summed E-state index contributed by atoms with van der Waals surface area (Å²) in [5.41, 5.74) is 0.860. The van der Waals surface area contributed by atoms with Crippen LogP contribution in [0.2, 0.25) is 0 Å². The topological polar surface area (TPSA) is 63.7 Å². The van der Waals surface area contributed by atoms with E-state index in [1.807, 2.05) is 0 Å². The van der Waals surface area contributed by atoms with Crippen molar-refractivity contribution in [3.05, 3.63) is 51.0 Å². The van der Waals surface area contributed by atoms with Gasteiger partial charge in [0, 0.05) is 10.9 Å². The lowest BCUT2D eigenvalue weighted by molar-refractivity contribution is -0.136. The molecule has 164 valence electrons. The Balaban J connectivity index is 1.83. The van der Waals surface area contributed by atoms with Crippen LogP contribution in [0.15, 0.2) is 11.4 Å². The largest absolute Gasteiger partial charge is 0.477 e. The molecule has 0 spiro atoms. The standard InChI is InChI=1S/C18H16F5NO4S2/c1-9-2-4-29-11(9)6-24(10-3-5-30(26,27)8-10)12(25)7-28-18-16(22)14(20)13(19)15(21)17(18)23/h2,4,10H,3,5-8H2,1H3/t10-/m0/s1. The van der Waals surface area contributed by atoms with Crippen molar-refractivity contribution in [2.75, 3.05) is 18.1 Å². The molecule has 12 heteroatoms. The van der Waals surface area contributed by atoms with Gasteiger partial charge in [0.05, 0.1) is 18.1 Å². The first-order valence-electron chi connectivity index (χ1n) is 8.69. The molecule has 0 saturated carbocycles. The van der Waals surface area contributed by atoms with Crippen LogP contribution < -0.4 is 4.74 Å². The maximum Gasteiger partial charge on any atom is 0.261 e. The summed E-state index contributed by atoms with van der Waals surface area (Å²) in [6.45, 7) is 0.799.